The average molecular weight is 577 g/mol. The van der Waals surface area contributed by atoms with Crippen LogP contribution in [0.3, 0.4) is 0 Å². The van der Waals surface area contributed by atoms with E-state index in [2.05, 4.69) is 27.8 Å². The van der Waals surface area contributed by atoms with Crippen LogP contribution in [0.15, 0.2) is 103 Å². The third kappa shape index (κ3) is 6.73. The van der Waals surface area contributed by atoms with Gasteiger partial charge in [-0.25, -0.2) is 4.39 Å². The highest BCUT2D eigenvalue weighted by atomic mass is 19.1. The first-order chi connectivity index (χ1) is 20.9. The third-order valence-electron chi connectivity index (χ3n) is 7.32. The lowest BCUT2D eigenvalue weighted by Gasteiger charge is -2.22. The van der Waals surface area contributed by atoms with Gasteiger partial charge in [-0.2, -0.15) is 0 Å². The first kappa shape index (κ1) is 27.7. The van der Waals surface area contributed by atoms with E-state index in [1.807, 2.05) is 36.4 Å². The molecular formula is C34H29FN4O4. The van der Waals surface area contributed by atoms with Gasteiger partial charge < -0.3 is 25.3 Å². The van der Waals surface area contributed by atoms with Crippen molar-refractivity contribution in [1.29, 1.82) is 0 Å². The zero-order valence-corrected chi connectivity index (χ0v) is 23.2. The minimum Gasteiger partial charge on any atom is -0.457 e. The number of para-hydroxylation sites is 1. The Morgan fingerprint density at radius 3 is 2.07 bits per heavy atom. The molecule has 8 nitrogen and oxygen atoms in total. The molecule has 0 unspecified atom stereocenters. The van der Waals surface area contributed by atoms with Gasteiger partial charge in [-0.05, 0) is 84.6 Å². The molecule has 5 aromatic rings. The summed E-state index contributed by atoms with van der Waals surface area (Å²) in [6.07, 6.45) is 1.44. The summed E-state index contributed by atoms with van der Waals surface area (Å²) in [7, 11) is 0. The van der Waals surface area contributed by atoms with E-state index >= 15 is 0 Å². The third-order valence-corrected chi connectivity index (χ3v) is 7.32. The van der Waals surface area contributed by atoms with Crippen molar-refractivity contribution in [2.75, 3.05) is 18.4 Å². The number of H-pyrrole nitrogens is 1. The fourth-order valence-corrected chi connectivity index (χ4v) is 5.28. The van der Waals surface area contributed by atoms with Crippen LogP contribution in [0.4, 0.5) is 10.1 Å². The van der Waals surface area contributed by atoms with E-state index in [-0.39, 0.29) is 36.5 Å². The number of carbonyl (C=O) groups excluding carboxylic acids is 3. The molecule has 0 saturated heterocycles. The number of amides is 3. The van der Waals surface area contributed by atoms with Gasteiger partial charge in [-0.3, -0.25) is 14.4 Å². The highest BCUT2D eigenvalue weighted by Gasteiger charge is 2.26. The Morgan fingerprint density at radius 1 is 0.791 bits per heavy atom. The fourth-order valence-electron chi connectivity index (χ4n) is 5.28. The van der Waals surface area contributed by atoms with Crippen molar-refractivity contribution in [3.8, 4) is 11.5 Å². The fraction of sp³-hybridized carbons (Fsp3) is 0.147. The first-order valence-electron chi connectivity index (χ1n) is 14.0. The van der Waals surface area contributed by atoms with E-state index in [9.17, 15) is 18.8 Å². The number of nitrogens with one attached hydrogen (secondary N) is 3. The minimum atomic E-state index is -0.460. The van der Waals surface area contributed by atoms with Crippen LogP contribution in [0.5, 0.6) is 11.5 Å². The SMILES string of the molecule is O=C(CN(CC(=O)NC1Cc2ccccc2C1)C(=O)c1cc2ccccc2[nH]1)Nc1ccc(Oc2ccc(F)cc2)cc1. The number of rotatable bonds is 9. The van der Waals surface area contributed by atoms with Crippen LogP contribution in [0.1, 0.15) is 21.6 Å². The summed E-state index contributed by atoms with van der Waals surface area (Å²) in [4.78, 5) is 44.2. The largest absolute Gasteiger partial charge is 0.457 e. The Balaban J connectivity index is 1.12. The molecule has 9 heteroatoms. The lowest BCUT2D eigenvalue weighted by molar-refractivity contribution is -0.123. The monoisotopic (exact) mass is 576 g/mol. The maximum atomic E-state index is 13.6. The molecule has 0 bridgehead atoms. The molecule has 1 aliphatic carbocycles. The maximum absolute atomic E-state index is 13.6. The Morgan fingerprint density at radius 2 is 1.40 bits per heavy atom. The number of benzene rings is 4. The van der Waals surface area contributed by atoms with Crippen LogP contribution in [0, 0.1) is 5.82 Å². The van der Waals surface area contributed by atoms with Crippen LogP contribution in [-0.4, -0.2) is 46.7 Å². The molecule has 1 aliphatic rings. The molecule has 1 aromatic heterocycles. The summed E-state index contributed by atoms with van der Waals surface area (Å²) in [5.41, 5.74) is 3.96. The number of carbonyl (C=O) groups is 3. The number of ether oxygens (including phenoxy) is 1. The molecule has 3 N–H and O–H groups in total. The van der Waals surface area contributed by atoms with Crippen LogP contribution in [0.25, 0.3) is 10.9 Å². The molecule has 216 valence electrons. The van der Waals surface area contributed by atoms with Crippen LogP contribution in [0.2, 0.25) is 0 Å². The minimum absolute atomic E-state index is 0.0700. The molecule has 0 radical (unpaired) electrons. The average Bonchev–Trinajstić information content (AvgIpc) is 3.62. The summed E-state index contributed by atoms with van der Waals surface area (Å²) >= 11 is 0. The van der Waals surface area contributed by atoms with Gasteiger partial charge in [0, 0.05) is 22.6 Å². The van der Waals surface area contributed by atoms with Crippen molar-refractivity contribution < 1.29 is 23.5 Å². The van der Waals surface area contributed by atoms with Gasteiger partial charge in [-0.1, -0.05) is 42.5 Å². The summed E-state index contributed by atoms with van der Waals surface area (Å²) in [6, 6.07) is 29.5. The van der Waals surface area contributed by atoms with Crippen molar-refractivity contribution in [3.05, 3.63) is 126 Å². The number of fused-ring (bicyclic) bond motifs is 2. The van der Waals surface area contributed by atoms with Gasteiger partial charge in [0.25, 0.3) is 5.91 Å². The topological polar surface area (TPSA) is 104 Å². The van der Waals surface area contributed by atoms with Crippen molar-refractivity contribution in [2.45, 2.75) is 18.9 Å². The second-order valence-corrected chi connectivity index (χ2v) is 10.5. The molecule has 0 atom stereocenters. The van der Waals surface area contributed by atoms with E-state index in [1.54, 1.807) is 30.3 Å². The standard InChI is InChI=1S/C34H29FN4O4/c35-25-9-13-28(14-10-25)43-29-15-11-26(12-16-29)36-32(40)20-39(34(42)31-19-24-7-3-4-8-30(24)38-31)21-33(41)37-27-17-22-5-1-2-6-23(22)18-27/h1-16,19,27,38H,17-18,20-21H2,(H,36,40)(H,37,41). The van der Waals surface area contributed by atoms with Gasteiger partial charge >= 0.3 is 0 Å². The summed E-state index contributed by atoms with van der Waals surface area (Å²) in [6.45, 7) is -0.612. The van der Waals surface area contributed by atoms with E-state index in [0.717, 1.165) is 23.7 Å². The number of hydrogen-bond acceptors (Lipinski definition) is 4. The molecule has 0 fully saturated rings. The number of nitrogens with zero attached hydrogens (tertiary/aromatic N) is 1. The second kappa shape index (κ2) is 12.2. The number of halogens is 1. The van der Waals surface area contributed by atoms with Crippen LogP contribution < -0.4 is 15.4 Å². The molecular weight excluding hydrogens is 547 g/mol. The van der Waals surface area contributed by atoms with Crippen LogP contribution in [-0.2, 0) is 22.4 Å². The Kier molecular flexibility index (Phi) is 7.86. The van der Waals surface area contributed by atoms with E-state index < -0.39 is 11.8 Å². The Hall–Kier alpha value is -5.44. The van der Waals surface area contributed by atoms with Gasteiger partial charge in [0.05, 0.1) is 0 Å². The summed E-state index contributed by atoms with van der Waals surface area (Å²) in [5, 5.41) is 6.67. The maximum Gasteiger partial charge on any atom is 0.271 e. The Bertz CT molecular complexity index is 1720. The molecule has 3 amide bonds. The van der Waals surface area contributed by atoms with Gasteiger partial charge in [0.2, 0.25) is 11.8 Å². The zero-order chi connectivity index (χ0) is 29.8. The number of aromatic amines is 1. The highest BCUT2D eigenvalue weighted by molar-refractivity contribution is 6.02. The number of anilines is 1. The van der Waals surface area contributed by atoms with Crippen molar-refractivity contribution in [3.63, 3.8) is 0 Å². The van der Waals surface area contributed by atoms with E-state index in [0.29, 0.717) is 17.2 Å². The molecule has 4 aromatic carbocycles. The van der Waals surface area contributed by atoms with Gasteiger partial charge in [0.1, 0.15) is 36.1 Å². The van der Waals surface area contributed by atoms with E-state index in [4.69, 9.17) is 4.74 Å². The van der Waals surface area contributed by atoms with Gasteiger partial charge in [-0.15, -0.1) is 0 Å². The number of hydrogen-bond donors (Lipinski definition) is 3. The summed E-state index contributed by atoms with van der Waals surface area (Å²) in [5.74, 6) is -0.631. The van der Waals surface area contributed by atoms with Crippen molar-refractivity contribution >= 4 is 34.3 Å². The van der Waals surface area contributed by atoms with Crippen molar-refractivity contribution in [2.24, 2.45) is 0 Å². The Labute approximate surface area is 247 Å². The smallest absolute Gasteiger partial charge is 0.271 e. The zero-order valence-electron chi connectivity index (χ0n) is 23.2. The predicted molar refractivity (Wildman–Crippen MR) is 162 cm³/mol. The number of aromatic nitrogens is 1. The van der Waals surface area contributed by atoms with Crippen LogP contribution >= 0.6 is 0 Å². The lowest BCUT2D eigenvalue weighted by atomic mass is 10.1. The predicted octanol–water partition coefficient (Wildman–Crippen LogP) is 5.46. The molecule has 0 aliphatic heterocycles. The molecule has 0 spiro atoms. The quantitative estimate of drug-likeness (QED) is 0.217. The van der Waals surface area contributed by atoms with Gasteiger partial charge in [0.15, 0.2) is 0 Å². The lowest BCUT2D eigenvalue weighted by Crippen LogP contribution is -2.47. The molecule has 43 heavy (non-hydrogen) atoms. The summed E-state index contributed by atoms with van der Waals surface area (Å²) < 4.78 is 18.9. The molecule has 0 saturated carbocycles. The van der Waals surface area contributed by atoms with Crippen molar-refractivity contribution in [1.82, 2.24) is 15.2 Å². The normalized spacial score (nSPS) is 12.5. The molecule has 1 heterocycles. The second-order valence-electron chi connectivity index (χ2n) is 10.5. The highest BCUT2D eigenvalue weighted by Crippen LogP contribution is 2.24. The van der Waals surface area contributed by atoms with E-state index in [1.165, 1.54) is 40.3 Å². The first-order valence-corrected chi connectivity index (χ1v) is 14.0. The molecule has 6 rings (SSSR count).